The van der Waals surface area contributed by atoms with Gasteiger partial charge in [-0.15, -0.1) is 0 Å². The fourth-order valence-corrected chi connectivity index (χ4v) is 2.20. The van der Waals surface area contributed by atoms with E-state index < -0.39 is 0 Å². The summed E-state index contributed by atoms with van der Waals surface area (Å²) >= 11 is 6.28. The van der Waals surface area contributed by atoms with Gasteiger partial charge in [-0.3, -0.25) is 0 Å². The van der Waals surface area contributed by atoms with Crippen LogP contribution in [0.3, 0.4) is 0 Å². The van der Waals surface area contributed by atoms with Crippen molar-refractivity contribution in [1.82, 2.24) is 0 Å². The number of hydrogen-bond donors (Lipinski definition) is 1. The smallest absolute Gasteiger partial charge is 0.0505 e. The quantitative estimate of drug-likeness (QED) is 0.735. The fourth-order valence-electron chi connectivity index (χ4n) is 1.93. The fraction of sp³-hybridized carbons (Fsp3) is 0.200. The SMILES string of the molecule is Cc1ccc(C)c(-c2cc(C)c(N)cc2Cl)c1. The van der Waals surface area contributed by atoms with E-state index in [1.165, 1.54) is 16.7 Å². The molecule has 0 spiro atoms. The zero-order valence-electron chi connectivity index (χ0n) is 10.3. The Morgan fingerprint density at radius 1 is 0.882 bits per heavy atom. The first-order valence-corrected chi connectivity index (χ1v) is 6.00. The molecule has 0 radical (unpaired) electrons. The molecule has 0 aliphatic rings. The molecule has 1 nitrogen and oxygen atoms in total. The summed E-state index contributed by atoms with van der Waals surface area (Å²) in [4.78, 5) is 0. The van der Waals surface area contributed by atoms with Crippen LogP contribution in [-0.4, -0.2) is 0 Å². The van der Waals surface area contributed by atoms with E-state index in [1.54, 1.807) is 0 Å². The largest absolute Gasteiger partial charge is 0.398 e. The highest BCUT2D eigenvalue weighted by Crippen LogP contribution is 2.34. The third-order valence-electron chi connectivity index (χ3n) is 3.04. The van der Waals surface area contributed by atoms with E-state index >= 15 is 0 Å². The average Bonchev–Trinajstić information content (AvgIpc) is 2.27. The lowest BCUT2D eigenvalue weighted by Crippen LogP contribution is -1.92. The average molecular weight is 246 g/mol. The van der Waals surface area contributed by atoms with Gasteiger partial charge in [0.05, 0.1) is 5.02 Å². The normalized spacial score (nSPS) is 10.6. The van der Waals surface area contributed by atoms with Gasteiger partial charge in [-0.05, 0) is 49.6 Å². The number of halogens is 1. The minimum absolute atomic E-state index is 0.710. The van der Waals surface area contributed by atoms with Crippen molar-refractivity contribution in [2.45, 2.75) is 20.8 Å². The van der Waals surface area contributed by atoms with Crippen LogP contribution in [0.5, 0.6) is 0 Å². The van der Waals surface area contributed by atoms with Crippen LogP contribution in [0.15, 0.2) is 30.3 Å². The van der Waals surface area contributed by atoms with Crippen LogP contribution in [0.2, 0.25) is 5.02 Å². The third kappa shape index (κ3) is 2.29. The number of hydrogen-bond acceptors (Lipinski definition) is 1. The van der Waals surface area contributed by atoms with Crippen molar-refractivity contribution in [3.63, 3.8) is 0 Å². The van der Waals surface area contributed by atoms with Gasteiger partial charge in [-0.25, -0.2) is 0 Å². The molecule has 0 saturated carbocycles. The van der Waals surface area contributed by atoms with E-state index in [0.717, 1.165) is 16.8 Å². The van der Waals surface area contributed by atoms with Gasteiger partial charge < -0.3 is 5.73 Å². The number of aryl methyl sites for hydroxylation is 3. The second-order valence-electron chi connectivity index (χ2n) is 4.51. The molecule has 0 bridgehead atoms. The molecule has 88 valence electrons. The molecule has 0 aliphatic heterocycles. The number of nitrogen functional groups attached to an aromatic ring is 1. The van der Waals surface area contributed by atoms with Crippen molar-refractivity contribution in [1.29, 1.82) is 0 Å². The molecule has 0 heterocycles. The Hall–Kier alpha value is -1.47. The lowest BCUT2D eigenvalue weighted by Gasteiger charge is -2.11. The minimum Gasteiger partial charge on any atom is -0.398 e. The van der Waals surface area contributed by atoms with Gasteiger partial charge in [-0.2, -0.15) is 0 Å². The first-order valence-electron chi connectivity index (χ1n) is 5.62. The van der Waals surface area contributed by atoms with Gasteiger partial charge in [0, 0.05) is 11.3 Å². The maximum atomic E-state index is 6.28. The lowest BCUT2D eigenvalue weighted by molar-refractivity contribution is 1.38. The Morgan fingerprint density at radius 3 is 2.29 bits per heavy atom. The van der Waals surface area contributed by atoms with Gasteiger partial charge in [-0.1, -0.05) is 35.4 Å². The van der Waals surface area contributed by atoms with E-state index in [1.807, 2.05) is 13.0 Å². The minimum atomic E-state index is 0.710. The van der Waals surface area contributed by atoms with Crippen molar-refractivity contribution in [2.75, 3.05) is 5.73 Å². The predicted octanol–water partition coefficient (Wildman–Crippen LogP) is 4.51. The molecule has 2 aromatic carbocycles. The van der Waals surface area contributed by atoms with E-state index in [0.29, 0.717) is 5.02 Å². The molecule has 0 amide bonds. The predicted molar refractivity (Wildman–Crippen MR) is 75.5 cm³/mol. The monoisotopic (exact) mass is 245 g/mol. The van der Waals surface area contributed by atoms with Gasteiger partial charge >= 0.3 is 0 Å². The molecule has 2 heteroatoms. The first kappa shape index (κ1) is 12.0. The summed E-state index contributed by atoms with van der Waals surface area (Å²) in [5.41, 5.74) is 12.3. The van der Waals surface area contributed by atoms with E-state index in [4.69, 9.17) is 17.3 Å². The zero-order valence-corrected chi connectivity index (χ0v) is 11.1. The van der Waals surface area contributed by atoms with Crippen LogP contribution in [0, 0.1) is 20.8 Å². The molecule has 0 saturated heterocycles. The Morgan fingerprint density at radius 2 is 1.59 bits per heavy atom. The summed E-state index contributed by atoms with van der Waals surface area (Å²) in [5.74, 6) is 0. The topological polar surface area (TPSA) is 26.0 Å². The summed E-state index contributed by atoms with van der Waals surface area (Å²) in [6.07, 6.45) is 0. The molecule has 0 unspecified atom stereocenters. The number of nitrogens with two attached hydrogens (primary N) is 1. The van der Waals surface area contributed by atoms with E-state index in [-0.39, 0.29) is 0 Å². The van der Waals surface area contributed by atoms with Gasteiger partial charge in [0.15, 0.2) is 0 Å². The summed E-state index contributed by atoms with van der Waals surface area (Å²) in [5, 5.41) is 0.710. The Balaban J connectivity index is 2.68. The van der Waals surface area contributed by atoms with Crippen molar-refractivity contribution >= 4 is 17.3 Å². The molecular formula is C15H16ClN. The lowest BCUT2D eigenvalue weighted by atomic mass is 9.96. The summed E-state index contributed by atoms with van der Waals surface area (Å²) < 4.78 is 0. The van der Waals surface area contributed by atoms with Crippen LogP contribution in [0.4, 0.5) is 5.69 Å². The van der Waals surface area contributed by atoms with Gasteiger partial charge in [0.1, 0.15) is 0 Å². The second-order valence-corrected chi connectivity index (χ2v) is 4.91. The van der Waals surface area contributed by atoms with E-state index in [9.17, 15) is 0 Å². The highest BCUT2D eigenvalue weighted by Gasteiger charge is 2.09. The highest BCUT2D eigenvalue weighted by atomic mass is 35.5. The molecule has 0 aromatic heterocycles. The molecule has 2 N–H and O–H groups in total. The first-order chi connectivity index (χ1) is 7.99. The second kappa shape index (κ2) is 4.42. The maximum Gasteiger partial charge on any atom is 0.0505 e. The molecule has 0 atom stereocenters. The molecule has 0 fully saturated rings. The summed E-state index contributed by atoms with van der Waals surface area (Å²) in [6, 6.07) is 10.3. The summed E-state index contributed by atoms with van der Waals surface area (Å²) in [7, 11) is 0. The van der Waals surface area contributed by atoms with Gasteiger partial charge in [0.25, 0.3) is 0 Å². The van der Waals surface area contributed by atoms with Crippen molar-refractivity contribution in [2.24, 2.45) is 0 Å². The number of rotatable bonds is 1. The number of anilines is 1. The van der Waals surface area contributed by atoms with Crippen molar-refractivity contribution in [3.8, 4) is 11.1 Å². The van der Waals surface area contributed by atoms with Crippen molar-refractivity contribution in [3.05, 3.63) is 52.0 Å². The van der Waals surface area contributed by atoms with Crippen LogP contribution >= 0.6 is 11.6 Å². The van der Waals surface area contributed by atoms with Crippen LogP contribution in [0.25, 0.3) is 11.1 Å². The van der Waals surface area contributed by atoms with Crippen molar-refractivity contribution < 1.29 is 0 Å². The Kier molecular flexibility index (Phi) is 3.12. The Bertz CT molecular complexity index is 573. The third-order valence-corrected chi connectivity index (χ3v) is 3.35. The molecule has 2 rings (SSSR count). The van der Waals surface area contributed by atoms with Crippen LogP contribution < -0.4 is 5.73 Å². The maximum absolute atomic E-state index is 6.28. The Labute approximate surface area is 107 Å². The zero-order chi connectivity index (χ0) is 12.6. The number of benzene rings is 2. The van der Waals surface area contributed by atoms with Gasteiger partial charge in [0.2, 0.25) is 0 Å². The van der Waals surface area contributed by atoms with Crippen LogP contribution in [-0.2, 0) is 0 Å². The molecule has 0 aliphatic carbocycles. The molecule has 2 aromatic rings. The summed E-state index contributed by atoms with van der Waals surface area (Å²) in [6.45, 7) is 6.18. The molecule has 17 heavy (non-hydrogen) atoms. The molecular weight excluding hydrogens is 230 g/mol. The van der Waals surface area contributed by atoms with E-state index in [2.05, 4.69) is 38.1 Å². The van der Waals surface area contributed by atoms with Crippen LogP contribution in [0.1, 0.15) is 16.7 Å². The standard InChI is InChI=1S/C15H16ClN/c1-9-4-5-10(2)12(6-9)13-7-11(3)15(17)8-14(13)16/h4-8H,17H2,1-3H3. The highest BCUT2D eigenvalue weighted by molar-refractivity contribution is 6.33.